The first kappa shape index (κ1) is 23.5. The van der Waals surface area contributed by atoms with E-state index in [1.54, 1.807) is 4.90 Å². The summed E-state index contributed by atoms with van der Waals surface area (Å²) in [5, 5.41) is 5.29. The molecule has 8 heteroatoms. The van der Waals surface area contributed by atoms with Crippen LogP contribution in [-0.4, -0.2) is 40.3 Å². The molecule has 5 N–H and O–H groups in total. The number of carbonyl (C=O) groups excluding carboxylic acids is 2. The Morgan fingerprint density at radius 2 is 1.66 bits per heavy atom. The fraction of sp³-hybridized carbons (Fsp3) is 0.792. The summed E-state index contributed by atoms with van der Waals surface area (Å²) in [7, 11) is 0. The van der Waals surface area contributed by atoms with Crippen LogP contribution in [0.15, 0.2) is 5.38 Å². The van der Waals surface area contributed by atoms with E-state index in [0.29, 0.717) is 36.5 Å². The first-order chi connectivity index (χ1) is 15.5. The summed E-state index contributed by atoms with van der Waals surface area (Å²) in [5.74, 6) is 1.24. The van der Waals surface area contributed by atoms with Crippen LogP contribution in [0.4, 0.5) is 5.13 Å². The van der Waals surface area contributed by atoms with Crippen LogP contribution < -0.4 is 16.8 Å². The largest absolute Gasteiger partial charge is 0.375 e. The van der Waals surface area contributed by atoms with Crippen molar-refractivity contribution in [1.82, 2.24) is 15.2 Å². The van der Waals surface area contributed by atoms with Gasteiger partial charge in [-0.2, -0.15) is 0 Å². The smallest absolute Gasteiger partial charge is 0.243 e. The molecule has 0 radical (unpaired) electrons. The lowest BCUT2D eigenvalue weighted by molar-refractivity contribution is -0.141. The highest BCUT2D eigenvalue weighted by Crippen LogP contribution is 2.42. The molecular formula is C24H39N5O2S. The predicted octanol–water partition coefficient (Wildman–Crippen LogP) is 3.44. The van der Waals surface area contributed by atoms with E-state index in [1.165, 1.54) is 75.5 Å². The van der Waals surface area contributed by atoms with E-state index in [1.807, 2.05) is 5.38 Å². The number of rotatable bonds is 7. The lowest BCUT2D eigenvalue weighted by Gasteiger charge is -2.42. The van der Waals surface area contributed by atoms with Gasteiger partial charge in [0.25, 0.3) is 0 Å². The zero-order valence-corrected chi connectivity index (χ0v) is 20.0. The van der Waals surface area contributed by atoms with Crippen LogP contribution in [0.1, 0.15) is 82.7 Å². The standard InChI is InChI=1S/C24H39N5O2S/c25-21(20(16-8-3-1-4-9-16)17-10-5-2-6-11-17)23(31)29-13-7-12-19(29)22(30)27-14-18-15-32-24(26)28-18/h15-17,19-21H,1-14,25H2,(H2,26,28)(H,27,30)/t19-,21+/m0/s1. The van der Waals surface area contributed by atoms with Crippen molar-refractivity contribution in [3.05, 3.63) is 11.1 Å². The van der Waals surface area contributed by atoms with Crippen molar-refractivity contribution in [1.29, 1.82) is 0 Å². The van der Waals surface area contributed by atoms with Gasteiger partial charge < -0.3 is 21.7 Å². The SMILES string of the molecule is Nc1nc(CNC(=O)[C@@H]2CCCN2C(=O)[C@H](N)C(C2CCCCC2)C2CCCCC2)cs1. The number of nitrogens with two attached hydrogens (primary N) is 2. The number of anilines is 1. The first-order valence-corrected chi connectivity index (χ1v) is 13.5. The molecule has 2 aliphatic carbocycles. The number of hydrogen-bond donors (Lipinski definition) is 3. The Kier molecular flexibility index (Phi) is 8.05. The summed E-state index contributed by atoms with van der Waals surface area (Å²) in [4.78, 5) is 32.6. The second kappa shape index (κ2) is 11.0. The maximum Gasteiger partial charge on any atom is 0.243 e. The summed E-state index contributed by atoms with van der Waals surface area (Å²) in [5.41, 5.74) is 13.2. The molecule has 0 unspecified atom stereocenters. The number of thiazole rings is 1. The number of nitrogen functional groups attached to an aromatic ring is 1. The molecule has 1 aliphatic heterocycles. The van der Waals surface area contributed by atoms with E-state index in [0.717, 1.165) is 12.1 Å². The van der Waals surface area contributed by atoms with E-state index < -0.39 is 12.1 Å². The molecule has 2 heterocycles. The van der Waals surface area contributed by atoms with Crippen LogP contribution in [0.25, 0.3) is 0 Å². The second-order valence-corrected chi connectivity index (χ2v) is 10.9. The maximum absolute atomic E-state index is 13.7. The van der Waals surface area contributed by atoms with Gasteiger partial charge in [-0.15, -0.1) is 11.3 Å². The summed E-state index contributed by atoms with van der Waals surface area (Å²) < 4.78 is 0. The van der Waals surface area contributed by atoms with Crippen molar-refractivity contribution in [2.45, 2.75) is 95.7 Å². The first-order valence-electron chi connectivity index (χ1n) is 12.6. The molecule has 2 saturated carbocycles. The monoisotopic (exact) mass is 461 g/mol. The zero-order valence-electron chi connectivity index (χ0n) is 19.1. The van der Waals surface area contributed by atoms with Crippen molar-refractivity contribution in [3.63, 3.8) is 0 Å². The van der Waals surface area contributed by atoms with Gasteiger partial charge in [-0.25, -0.2) is 4.98 Å². The van der Waals surface area contributed by atoms with Crippen molar-refractivity contribution in [2.24, 2.45) is 23.5 Å². The van der Waals surface area contributed by atoms with Gasteiger partial charge in [0.1, 0.15) is 6.04 Å². The van der Waals surface area contributed by atoms with Gasteiger partial charge in [-0.3, -0.25) is 9.59 Å². The molecule has 3 fully saturated rings. The minimum Gasteiger partial charge on any atom is -0.375 e. The van der Waals surface area contributed by atoms with Crippen molar-refractivity contribution < 1.29 is 9.59 Å². The van der Waals surface area contributed by atoms with E-state index in [9.17, 15) is 9.59 Å². The molecule has 178 valence electrons. The highest BCUT2D eigenvalue weighted by molar-refractivity contribution is 7.13. The second-order valence-electron chi connectivity index (χ2n) is 9.98. The van der Waals surface area contributed by atoms with Crippen LogP contribution in [0, 0.1) is 17.8 Å². The molecule has 2 atom stereocenters. The van der Waals surface area contributed by atoms with E-state index in [4.69, 9.17) is 11.5 Å². The van der Waals surface area contributed by atoms with Gasteiger partial charge in [-0.05, 0) is 30.6 Å². The van der Waals surface area contributed by atoms with Crippen molar-refractivity contribution >= 4 is 28.3 Å². The Balaban J connectivity index is 1.42. The molecular weight excluding hydrogens is 422 g/mol. The highest BCUT2D eigenvalue weighted by Gasteiger charge is 2.43. The van der Waals surface area contributed by atoms with Crippen LogP contribution in [0.5, 0.6) is 0 Å². The average Bonchev–Trinajstić information content (AvgIpc) is 3.48. The summed E-state index contributed by atoms with van der Waals surface area (Å²) in [6, 6.07) is -0.921. The normalized spacial score (nSPS) is 24.1. The lowest BCUT2D eigenvalue weighted by atomic mass is 9.66. The van der Waals surface area contributed by atoms with Gasteiger partial charge in [0.2, 0.25) is 11.8 Å². The molecule has 1 aromatic rings. The minimum atomic E-state index is -0.493. The average molecular weight is 462 g/mol. The fourth-order valence-electron chi connectivity index (χ4n) is 6.37. The number of nitrogens with zero attached hydrogens (tertiary/aromatic N) is 2. The number of aromatic nitrogens is 1. The molecule has 0 aromatic carbocycles. The Morgan fingerprint density at radius 1 is 1.03 bits per heavy atom. The number of nitrogens with one attached hydrogen (secondary N) is 1. The fourth-order valence-corrected chi connectivity index (χ4v) is 6.93. The number of carbonyl (C=O) groups is 2. The third-order valence-electron chi connectivity index (χ3n) is 7.94. The topological polar surface area (TPSA) is 114 Å². The molecule has 32 heavy (non-hydrogen) atoms. The van der Waals surface area contributed by atoms with Gasteiger partial charge in [0.05, 0.1) is 18.3 Å². The molecule has 1 aromatic heterocycles. The summed E-state index contributed by atoms with van der Waals surface area (Å²) in [6.45, 7) is 0.959. The van der Waals surface area contributed by atoms with Gasteiger partial charge in [-0.1, -0.05) is 64.2 Å². The van der Waals surface area contributed by atoms with Gasteiger partial charge in [0.15, 0.2) is 5.13 Å². The zero-order chi connectivity index (χ0) is 22.5. The molecule has 0 bridgehead atoms. The molecule has 2 amide bonds. The van der Waals surface area contributed by atoms with Crippen molar-refractivity contribution in [3.8, 4) is 0 Å². The maximum atomic E-state index is 13.7. The Bertz CT molecular complexity index is 754. The van der Waals surface area contributed by atoms with Crippen molar-refractivity contribution in [2.75, 3.05) is 12.3 Å². The molecule has 3 aliphatic rings. The van der Waals surface area contributed by atoms with Crippen LogP contribution >= 0.6 is 11.3 Å². The van der Waals surface area contributed by atoms with E-state index >= 15 is 0 Å². The molecule has 7 nitrogen and oxygen atoms in total. The van der Waals surface area contributed by atoms with Gasteiger partial charge in [0, 0.05) is 11.9 Å². The predicted molar refractivity (Wildman–Crippen MR) is 128 cm³/mol. The Labute approximate surface area is 195 Å². The summed E-state index contributed by atoms with van der Waals surface area (Å²) in [6.07, 6.45) is 14.0. The quantitative estimate of drug-likeness (QED) is 0.575. The van der Waals surface area contributed by atoms with Gasteiger partial charge >= 0.3 is 0 Å². The van der Waals surface area contributed by atoms with E-state index in [2.05, 4.69) is 10.3 Å². The highest BCUT2D eigenvalue weighted by atomic mass is 32.1. The number of hydrogen-bond acceptors (Lipinski definition) is 6. The third-order valence-corrected chi connectivity index (χ3v) is 8.66. The minimum absolute atomic E-state index is 0.0123. The molecule has 0 spiro atoms. The Hall–Kier alpha value is -1.67. The van der Waals surface area contributed by atoms with Crippen LogP contribution in [0.3, 0.4) is 0 Å². The van der Waals surface area contributed by atoms with E-state index in [-0.39, 0.29) is 17.7 Å². The number of amides is 2. The summed E-state index contributed by atoms with van der Waals surface area (Å²) >= 11 is 1.36. The lowest BCUT2D eigenvalue weighted by Crippen LogP contribution is -2.55. The molecule has 4 rings (SSSR count). The van der Waals surface area contributed by atoms with Crippen LogP contribution in [-0.2, 0) is 16.1 Å². The van der Waals surface area contributed by atoms with Crippen LogP contribution in [0.2, 0.25) is 0 Å². The third kappa shape index (κ3) is 5.45. The Morgan fingerprint density at radius 3 is 2.22 bits per heavy atom. The molecule has 1 saturated heterocycles. The number of likely N-dealkylation sites (tertiary alicyclic amines) is 1.